The maximum Gasteiger partial charge on any atom is 0.253 e. The van der Waals surface area contributed by atoms with Crippen molar-refractivity contribution in [3.05, 3.63) is 35.4 Å². The molecule has 0 fully saturated rings. The Morgan fingerprint density at radius 1 is 1.12 bits per heavy atom. The summed E-state index contributed by atoms with van der Waals surface area (Å²) in [5.74, 6) is 0.741. The van der Waals surface area contributed by atoms with Crippen LogP contribution in [0.2, 0.25) is 0 Å². The molecule has 1 aromatic carbocycles. The second-order valence-corrected chi connectivity index (χ2v) is 5.62. The Hall–Kier alpha value is -2.12. The fourth-order valence-electron chi connectivity index (χ4n) is 2.01. The number of guanidine groups is 1. The minimum absolute atomic E-state index is 0.00136. The van der Waals surface area contributed by atoms with Gasteiger partial charge in [-0.2, -0.15) is 0 Å². The maximum absolute atomic E-state index is 11.9. The van der Waals surface area contributed by atoms with Gasteiger partial charge in [0.15, 0.2) is 5.96 Å². The lowest BCUT2D eigenvalue weighted by Gasteiger charge is -2.12. The number of methoxy groups -OCH3 is 1. The third kappa shape index (κ3) is 8.51. The van der Waals surface area contributed by atoms with Gasteiger partial charge in [-0.05, 0) is 24.6 Å². The van der Waals surface area contributed by atoms with E-state index in [2.05, 4.69) is 15.6 Å². The van der Waals surface area contributed by atoms with Crippen LogP contribution in [0, 0.1) is 0 Å². The summed E-state index contributed by atoms with van der Waals surface area (Å²) in [6, 6.07) is 7.52. The van der Waals surface area contributed by atoms with E-state index in [4.69, 9.17) is 9.47 Å². The summed E-state index contributed by atoms with van der Waals surface area (Å²) >= 11 is 0. The molecule has 1 rings (SSSR count). The van der Waals surface area contributed by atoms with Crippen LogP contribution < -0.4 is 10.6 Å². The highest BCUT2D eigenvalue weighted by molar-refractivity contribution is 5.93. The third-order valence-electron chi connectivity index (χ3n) is 3.34. The Kier molecular flexibility index (Phi) is 10.3. The molecule has 0 aliphatic carbocycles. The summed E-state index contributed by atoms with van der Waals surface area (Å²) in [5, 5.41) is 6.42. The number of benzene rings is 1. The first-order valence-corrected chi connectivity index (χ1v) is 8.48. The molecular weight excluding hydrogens is 320 g/mol. The number of ether oxygens (including phenoxy) is 2. The molecule has 0 radical (unpaired) electrons. The Labute approximate surface area is 150 Å². The second kappa shape index (κ2) is 12.3. The molecule has 0 aliphatic heterocycles. The first kappa shape index (κ1) is 20.9. The van der Waals surface area contributed by atoms with Crippen molar-refractivity contribution in [2.24, 2.45) is 4.99 Å². The molecule has 1 amide bonds. The Bertz CT molecular complexity index is 530. The second-order valence-electron chi connectivity index (χ2n) is 5.62. The predicted octanol–water partition coefficient (Wildman–Crippen LogP) is 1.11. The van der Waals surface area contributed by atoms with E-state index in [1.54, 1.807) is 26.1 Å². The molecule has 140 valence electrons. The number of hydrogen-bond donors (Lipinski definition) is 2. The van der Waals surface area contributed by atoms with Crippen molar-refractivity contribution in [3.8, 4) is 0 Å². The average molecular weight is 350 g/mol. The van der Waals surface area contributed by atoms with Crippen molar-refractivity contribution in [3.63, 3.8) is 0 Å². The number of carbonyl (C=O) groups excluding carboxylic acids is 1. The molecule has 0 spiro atoms. The lowest BCUT2D eigenvalue weighted by atomic mass is 10.1. The van der Waals surface area contributed by atoms with E-state index < -0.39 is 0 Å². The zero-order chi connectivity index (χ0) is 18.5. The summed E-state index contributed by atoms with van der Waals surface area (Å²) < 4.78 is 10.3. The number of aliphatic imine (C=N–C) groups is 1. The summed E-state index contributed by atoms with van der Waals surface area (Å²) in [6.07, 6.45) is 0. The van der Waals surface area contributed by atoms with Gasteiger partial charge in [-0.15, -0.1) is 0 Å². The number of nitrogens with zero attached hydrogens (tertiary/aromatic N) is 2. The molecule has 0 unspecified atom stereocenters. The largest absolute Gasteiger partial charge is 0.382 e. The molecule has 1 aromatic rings. The molecule has 2 N–H and O–H groups in total. The van der Waals surface area contributed by atoms with Gasteiger partial charge < -0.3 is 25.0 Å². The molecule has 0 bridgehead atoms. The van der Waals surface area contributed by atoms with E-state index in [-0.39, 0.29) is 5.91 Å². The molecule has 0 heterocycles. The minimum atomic E-state index is -0.00136. The van der Waals surface area contributed by atoms with Crippen molar-refractivity contribution in [2.75, 3.05) is 54.1 Å². The molecule has 0 aliphatic rings. The van der Waals surface area contributed by atoms with Gasteiger partial charge in [0.05, 0.1) is 26.4 Å². The first-order chi connectivity index (χ1) is 12.1. The Morgan fingerprint density at radius 2 is 1.84 bits per heavy atom. The summed E-state index contributed by atoms with van der Waals surface area (Å²) in [7, 11) is 5.14. The van der Waals surface area contributed by atoms with Crippen LogP contribution in [0.1, 0.15) is 22.8 Å². The van der Waals surface area contributed by atoms with E-state index >= 15 is 0 Å². The van der Waals surface area contributed by atoms with E-state index in [1.165, 1.54) is 0 Å². The molecule has 0 saturated heterocycles. The van der Waals surface area contributed by atoms with E-state index in [0.717, 1.165) is 18.1 Å². The topological polar surface area (TPSA) is 75.2 Å². The quantitative estimate of drug-likeness (QED) is 0.376. The molecule has 0 atom stereocenters. The van der Waals surface area contributed by atoms with Crippen molar-refractivity contribution in [1.29, 1.82) is 0 Å². The lowest BCUT2D eigenvalue weighted by molar-refractivity contribution is 0.0733. The monoisotopic (exact) mass is 350 g/mol. The maximum atomic E-state index is 11.9. The Morgan fingerprint density at radius 3 is 2.44 bits per heavy atom. The molecular formula is C18H30N4O3. The molecule has 7 nitrogen and oxygen atoms in total. The van der Waals surface area contributed by atoms with Crippen molar-refractivity contribution in [1.82, 2.24) is 15.5 Å². The van der Waals surface area contributed by atoms with Crippen molar-refractivity contribution >= 4 is 11.9 Å². The van der Waals surface area contributed by atoms with Gasteiger partial charge >= 0.3 is 0 Å². The van der Waals surface area contributed by atoms with Gasteiger partial charge in [0, 0.05) is 39.9 Å². The standard InChI is InChI=1S/C18H30N4O3/c1-5-19-18(20-10-11-25-13-12-24-4)21-14-15-6-8-16(9-7-15)17(23)22(2)3/h6-9H,5,10-14H2,1-4H3,(H2,19,20,21). The van der Waals surface area contributed by atoms with Crippen LogP contribution in [0.15, 0.2) is 29.3 Å². The normalized spacial score (nSPS) is 11.3. The summed E-state index contributed by atoms with van der Waals surface area (Å²) in [4.78, 5) is 18.0. The van der Waals surface area contributed by atoms with Crippen LogP contribution in [0.25, 0.3) is 0 Å². The Balaban J connectivity index is 2.49. The molecule has 7 heteroatoms. The van der Waals surface area contributed by atoms with Crippen LogP contribution in [0.5, 0.6) is 0 Å². The lowest BCUT2D eigenvalue weighted by Crippen LogP contribution is -2.39. The summed E-state index contributed by atoms with van der Waals surface area (Å²) in [6.45, 7) is 5.79. The number of nitrogens with one attached hydrogen (secondary N) is 2. The zero-order valence-corrected chi connectivity index (χ0v) is 15.7. The van der Waals surface area contributed by atoms with Gasteiger partial charge in [-0.3, -0.25) is 4.79 Å². The van der Waals surface area contributed by atoms with Gasteiger partial charge in [-0.25, -0.2) is 4.99 Å². The van der Waals surface area contributed by atoms with Crippen LogP contribution >= 0.6 is 0 Å². The fraction of sp³-hybridized carbons (Fsp3) is 0.556. The predicted molar refractivity (Wildman–Crippen MR) is 100.0 cm³/mol. The van der Waals surface area contributed by atoms with E-state index in [1.807, 2.05) is 31.2 Å². The van der Waals surface area contributed by atoms with Crippen molar-refractivity contribution < 1.29 is 14.3 Å². The summed E-state index contributed by atoms with van der Waals surface area (Å²) in [5.41, 5.74) is 1.72. The van der Waals surface area contributed by atoms with Crippen LogP contribution in [0.3, 0.4) is 0 Å². The van der Waals surface area contributed by atoms with Crippen molar-refractivity contribution in [2.45, 2.75) is 13.5 Å². The number of carbonyl (C=O) groups is 1. The fourth-order valence-corrected chi connectivity index (χ4v) is 2.01. The number of hydrogen-bond acceptors (Lipinski definition) is 4. The van der Waals surface area contributed by atoms with E-state index in [0.29, 0.717) is 38.5 Å². The highest BCUT2D eigenvalue weighted by atomic mass is 16.5. The molecule has 0 saturated carbocycles. The van der Waals surface area contributed by atoms with Gasteiger partial charge in [0.25, 0.3) is 5.91 Å². The number of rotatable bonds is 10. The van der Waals surface area contributed by atoms with Crippen LogP contribution in [-0.2, 0) is 16.0 Å². The van der Waals surface area contributed by atoms with Gasteiger partial charge in [0.1, 0.15) is 0 Å². The van der Waals surface area contributed by atoms with E-state index in [9.17, 15) is 4.79 Å². The highest BCUT2D eigenvalue weighted by Crippen LogP contribution is 2.07. The van der Waals surface area contributed by atoms with Gasteiger partial charge in [0.2, 0.25) is 0 Å². The smallest absolute Gasteiger partial charge is 0.253 e. The molecule has 25 heavy (non-hydrogen) atoms. The highest BCUT2D eigenvalue weighted by Gasteiger charge is 2.07. The number of amides is 1. The van der Waals surface area contributed by atoms with Gasteiger partial charge in [-0.1, -0.05) is 12.1 Å². The molecule has 0 aromatic heterocycles. The zero-order valence-electron chi connectivity index (χ0n) is 15.7. The third-order valence-corrected chi connectivity index (χ3v) is 3.34. The SMILES string of the molecule is CCNC(=NCc1ccc(C(=O)N(C)C)cc1)NCCOCCOC. The minimum Gasteiger partial charge on any atom is -0.382 e. The first-order valence-electron chi connectivity index (χ1n) is 8.48. The van der Waals surface area contributed by atoms with Crippen LogP contribution in [0.4, 0.5) is 0 Å². The average Bonchev–Trinajstić information content (AvgIpc) is 2.62. The van der Waals surface area contributed by atoms with Crippen LogP contribution in [-0.4, -0.2) is 70.9 Å².